The van der Waals surface area contributed by atoms with Crippen molar-refractivity contribution in [2.45, 2.75) is 181 Å². The summed E-state index contributed by atoms with van der Waals surface area (Å²) < 4.78 is 2.48. The first kappa shape index (κ1) is 45.8. The van der Waals surface area contributed by atoms with Gasteiger partial charge in [0, 0.05) is 0 Å². The molecule has 0 radical (unpaired) electrons. The zero-order chi connectivity index (χ0) is 28.2. The summed E-state index contributed by atoms with van der Waals surface area (Å²) in [6, 6.07) is 0. The number of unbranched alkanes of at least 4 members (excludes halogenated alkanes) is 23. The monoisotopic (exact) mass is 792 g/mol. The Labute approximate surface area is 290 Å². The Hall–Kier alpha value is 1.38. The van der Waals surface area contributed by atoms with E-state index in [0.29, 0.717) is 0 Å². The quantitative estimate of drug-likeness (QED) is 0.0507. The summed E-state index contributed by atoms with van der Waals surface area (Å²) in [5.41, 5.74) is 0. The molecule has 0 amide bonds. The lowest BCUT2D eigenvalue weighted by atomic mass is 10.1. The van der Waals surface area contributed by atoms with E-state index >= 15 is 0 Å². The number of nitrogens with zero attached hydrogens (tertiary/aromatic N) is 2. The third-order valence-electron chi connectivity index (χ3n) is 9.01. The van der Waals surface area contributed by atoms with Crippen molar-refractivity contribution in [3.8, 4) is 0 Å². The van der Waals surface area contributed by atoms with E-state index in [1.807, 2.05) is 0 Å². The number of rotatable bonds is 31. The molecule has 0 N–H and O–H groups in total. The van der Waals surface area contributed by atoms with Crippen molar-refractivity contribution in [1.29, 1.82) is 0 Å². The van der Waals surface area contributed by atoms with Crippen LogP contribution in [0.15, 0.2) is 0 Å². The first-order valence-corrected chi connectivity index (χ1v) is 18.0. The second kappa shape index (κ2) is 33.3. The van der Waals surface area contributed by atoms with Crippen molar-refractivity contribution in [3.63, 3.8) is 0 Å². The first-order chi connectivity index (χ1) is 18.3. The summed E-state index contributed by atoms with van der Waals surface area (Å²) in [5.74, 6) is 0. The van der Waals surface area contributed by atoms with E-state index in [4.69, 9.17) is 0 Å². The van der Waals surface area contributed by atoms with Gasteiger partial charge in [-0.1, -0.05) is 129 Å². The zero-order valence-electron chi connectivity index (χ0n) is 28.9. The number of hydrogen-bond donors (Lipinski definition) is 0. The molecule has 0 aromatic rings. The molecule has 0 bridgehead atoms. The molecule has 246 valence electrons. The smallest absolute Gasteiger partial charge is 0.0782 e. The molecule has 0 fully saturated rings. The molecule has 0 aromatic heterocycles. The van der Waals surface area contributed by atoms with Gasteiger partial charge in [-0.25, -0.2) is 0 Å². The molecule has 0 heterocycles. The summed E-state index contributed by atoms with van der Waals surface area (Å²) in [4.78, 5) is 0. The van der Waals surface area contributed by atoms with Crippen molar-refractivity contribution >= 4 is 0 Å². The lowest BCUT2D eigenvalue weighted by Gasteiger charge is -2.30. The average Bonchev–Trinajstić information content (AvgIpc) is 2.87. The van der Waals surface area contributed by atoms with Gasteiger partial charge in [-0.15, -0.1) is 0 Å². The van der Waals surface area contributed by atoms with E-state index < -0.39 is 0 Å². The van der Waals surface area contributed by atoms with Crippen LogP contribution in [0.5, 0.6) is 0 Å². The van der Waals surface area contributed by atoms with Crippen LogP contribution >= 0.6 is 0 Å². The largest absolute Gasteiger partial charge is 1.00 e. The van der Waals surface area contributed by atoms with Crippen molar-refractivity contribution in [1.82, 2.24) is 0 Å². The van der Waals surface area contributed by atoms with Crippen molar-refractivity contribution in [2.24, 2.45) is 0 Å². The molecule has 0 rings (SSSR count). The maximum Gasteiger partial charge on any atom is 0.0782 e. The van der Waals surface area contributed by atoms with Gasteiger partial charge in [0.25, 0.3) is 0 Å². The molecular weight excluding hydrogens is 714 g/mol. The molecule has 0 spiro atoms. The second-order valence-electron chi connectivity index (χ2n) is 14.3. The third-order valence-corrected chi connectivity index (χ3v) is 9.01. The Bertz CT molecular complexity index is 426. The predicted octanol–water partition coefficient (Wildman–Crippen LogP) is 5.33. The van der Waals surface area contributed by atoms with Crippen molar-refractivity contribution in [2.75, 3.05) is 54.4 Å². The van der Waals surface area contributed by atoms with Crippen LogP contribution in [0.2, 0.25) is 0 Å². The first-order valence-electron chi connectivity index (χ1n) is 18.0. The van der Waals surface area contributed by atoms with Crippen LogP contribution in [-0.4, -0.2) is 63.3 Å². The van der Waals surface area contributed by atoms with Gasteiger partial charge in [0.05, 0.1) is 54.4 Å². The summed E-state index contributed by atoms with van der Waals surface area (Å²) in [7, 11) is 9.84. The summed E-state index contributed by atoms with van der Waals surface area (Å²) in [5, 5.41) is 0. The molecule has 0 saturated heterocycles. The zero-order valence-corrected chi connectivity index (χ0v) is 33.2. The van der Waals surface area contributed by atoms with Gasteiger partial charge in [0.2, 0.25) is 0 Å². The Balaban J connectivity index is -0.00000684. The van der Waals surface area contributed by atoms with Crippen molar-refractivity contribution < 1.29 is 56.9 Å². The van der Waals surface area contributed by atoms with Crippen LogP contribution in [-0.2, 0) is 0 Å². The van der Waals surface area contributed by atoms with Crippen molar-refractivity contribution in [3.05, 3.63) is 0 Å². The van der Waals surface area contributed by atoms with Crippen LogP contribution in [0.1, 0.15) is 181 Å². The topological polar surface area (TPSA) is 0 Å². The van der Waals surface area contributed by atoms with E-state index in [9.17, 15) is 0 Å². The lowest BCUT2D eigenvalue weighted by Crippen LogP contribution is -3.00. The minimum absolute atomic E-state index is 0. The average molecular weight is 793 g/mol. The normalized spacial score (nSPS) is 11.8. The second-order valence-corrected chi connectivity index (χ2v) is 14.3. The number of halogens is 2. The fourth-order valence-electron chi connectivity index (χ4n) is 6.06. The standard InChI is InChI=1S/C36H78N2.2HI/c1-7-9-11-13-15-17-19-21-25-29-33-37(3,4)35-31-27-23-24-28-32-36-38(5,6)34-30-26-22-20-18-16-14-12-10-8-2;;/h7-36H2,1-6H3;2*1H/q+2;;/p-2. The Morgan fingerprint density at radius 3 is 0.575 bits per heavy atom. The highest BCUT2D eigenvalue weighted by atomic mass is 127. The van der Waals surface area contributed by atoms with Gasteiger partial charge in [-0.3, -0.25) is 0 Å². The van der Waals surface area contributed by atoms with Crippen LogP contribution in [0.4, 0.5) is 0 Å². The highest BCUT2D eigenvalue weighted by Crippen LogP contribution is 2.15. The van der Waals surface area contributed by atoms with Crippen LogP contribution < -0.4 is 48.0 Å². The van der Waals surface area contributed by atoms with Gasteiger partial charge in [0.1, 0.15) is 0 Å². The van der Waals surface area contributed by atoms with Gasteiger partial charge >= 0.3 is 0 Å². The summed E-state index contributed by atoms with van der Waals surface area (Å²) in [6.07, 6.45) is 37.6. The highest BCUT2D eigenvalue weighted by molar-refractivity contribution is 4.51. The maximum atomic E-state index is 2.46. The van der Waals surface area contributed by atoms with Gasteiger partial charge in [0.15, 0.2) is 0 Å². The Morgan fingerprint density at radius 2 is 0.400 bits per heavy atom. The molecule has 0 aliphatic rings. The molecule has 40 heavy (non-hydrogen) atoms. The Morgan fingerprint density at radius 1 is 0.250 bits per heavy atom. The van der Waals surface area contributed by atoms with E-state index in [-0.39, 0.29) is 48.0 Å². The molecule has 2 nitrogen and oxygen atoms in total. The van der Waals surface area contributed by atoms with Crippen LogP contribution in [0.25, 0.3) is 0 Å². The molecule has 0 atom stereocenters. The number of quaternary nitrogens is 2. The fourth-order valence-corrected chi connectivity index (χ4v) is 6.06. The third kappa shape index (κ3) is 35.6. The molecule has 0 aromatic carbocycles. The minimum Gasteiger partial charge on any atom is -1.00 e. The van der Waals surface area contributed by atoms with Gasteiger partial charge < -0.3 is 56.9 Å². The molecule has 0 unspecified atom stereocenters. The van der Waals surface area contributed by atoms with Gasteiger partial charge in [-0.05, 0) is 51.4 Å². The lowest BCUT2D eigenvalue weighted by molar-refractivity contribution is -0.890. The molecule has 0 aliphatic carbocycles. The van der Waals surface area contributed by atoms with E-state index in [0.717, 1.165) is 0 Å². The maximum absolute atomic E-state index is 2.46. The molecule has 4 heteroatoms. The predicted molar refractivity (Wildman–Crippen MR) is 175 cm³/mol. The summed E-state index contributed by atoms with van der Waals surface area (Å²) >= 11 is 0. The van der Waals surface area contributed by atoms with Crippen LogP contribution in [0.3, 0.4) is 0 Å². The molecule has 0 aliphatic heterocycles. The van der Waals surface area contributed by atoms with E-state index in [1.54, 1.807) is 0 Å². The highest BCUT2D eigenvalue weighted by Gasteiger charge is 2.15. The molecule has 0 saturated carbocycles. The SMILES string of the molecule is CCCCCCCCCCCC[N+](C)(C)CCCCCCCC[N+](C)(C)CCCCCCCCCCCC.[I-].[I-]. The molecular formula is C36H78I2N2. The minimum atomic E-state index is 0. The Kier molecular flexibility index (Phi) is 38.1. The fraction of sp³-hybridized carbons (Fsp3) is 1.00. The summed E-state index contributed by atoms with van der Waals surface area (Å²) in [6.45, 7) is 10.1. The van der Waals surface area contributed by atoms with E-state index in [1.165, 1.54) is 202 Å². The van der Waals surface area contributed by atoms with Gasteiger partial charge in [-0.2, -0.15) is 0 Å². The number of hydrogen-bond acceptors (Lipinski definition) is 0. The van der Waals surface area contributed by atoms with E-state index in [2.05, 4.69) is 42.0 Å². The van der Waals surface area contributed by atoms with Crippen LogP contribution in [0, 0.1) is 0 Å².